The van der Waals surface area contributed by atoms with Crippen molar-refractivity contribution < 1.29 is 8.42 Å². The van der Waals surface area contributed by atoms with Crippen LogP contribution in [-0.2, 0) is 9.84 Å². The van der Waals surface area contributed by atoms with Gasteiger partial charge in [0.2, 0.25) is 0 Å². The highest BCUT2D eigenvalue weighted by atomic mass is 79.9. The fourth-order valence-corrected chi connectivity index (χ4v) is 3.28. The molecule has 2 aromatic carbocycles. The molecule has 0 saturated carbocycles. The summed E-state index contributed by atoms with van der Waals surface area (Å²) in [5, 5.41) is 0. The van der Waals surface area contributed by atoms with Crippen LogP contribution in [0, 0.1) is 6.92 Å². The maximum Gasteiger partial charge on any atom is 0.175 e. The standard InChI is InChI=1S/C15H13BrN2O2S/c1-9-4-3-5-11(14(9)16)15-17-12-7-6-10(21(2,19)20)8-13(12)18-15/h3-8H,1-2H3,(H,17,18). The van der Waals surface area contributed by atoms with Crippen LogP contribution in [0.4, 0.5) is 0 Å². The number of benzene rings is 2. The third-order valence-corrected chi connectivity index (χ3v) is 5.49. The third kappa shape index (κ3) is 2.61. The number of aromatic nitrogens is 2. The summed E-state index contributed by atoms with van der Waals surface area (Å²) >= 11 is 3.56. The second-order valence-electron chi connectivity index (χ2n) is 4.97. The van der Waals surface area contributed by atoms with Gasteiger partial charge in [0.15, 0.2) is 9.84 Å². The van der Waals surface area contributed by atoms with E-state index in [0.29, 0.717) is 11.3 Å². The largest absolute Gasteiger partial charge is 0.338 e. The van der Waals surface area contributed by atoms with Crippen molar-refractivity contribution >= 4 is 36.8 Å². The van der Waals surface area contributed by atoms with Gasteiger partial charge in [0.25, 0.3) is 0 Å². The number of aromatic amines is 1. The molecule has 3 aromatic rings. The van der Waals surface area contributed by atoms with Crippen molar-refractivity contribution in [2.24, 2.45) is 0 Å². The van der Waals surface area contributed by atoms with Crippen LogP contribution in [0.1, 0.15) is 5.56 Å². The molecule has 4 nitrogen and oxygen atoms in total. The van der Waals surface area contributed by atoms with Gasteiger partial charge in [-0.15, -0.1) is 0 Å². The zero-order valence-corrected chi connectivity index (χ0v) is 13.9. The Morgan fingerprint density at radius 1 is 1.19 bits per heavy atom. The van der Waals surface area contributed by atoms with Crippen LogP contribution >= 0.6 is 15.9 Å². The van der Waals surface area contributed by atoms with Gasteiger partial charge in [0.1, 0.15) is 5.82 Å². The SMILES string of the molecule is Cc1cccc(-c2nc3ccc(S(C)(=O)=O)cc3[nH]2)c1Br. The lowest BCUT2D eigenvalue weighted by molar-refractivity contribution is 0.602. The summed E-state index contributed by atoms with van der Waals surface area (Å²) in [6.07, 6.45) is 1.20. The van der Waals surface area contributed by atoms with Crippen LogP contribution in [0.5, 0.6) is 0 Å². The van der Waals surface area contributed by atoms with Crippen LogP contribution in [0.25, 0.3) is 22.4 Å². The summed E-state index contributed by atoms with van der Waals surface area (Å²) in [7, 11) is -3.22. The highest BCUT2D eigenvalue weighted by molar-refractivity contribution is 9.10. The van der Waals surface area contributed by atoms with E-state index in [1.807, 2.05) is 25.1 Å². The van der Waals surface area contributed by atoms with Crippen molar-refractivity contribution in [3.63, 3.8) is 0 Å². The Morgan fingerprint density at radius 3 is 2.67 bits per heavy atom. The molecule has 0 aliphatic heterocycles. The molecule has 1 N–H and O–H groups in total. The van der Waals surface area contributed by atoms with Gasteiger partial charge in [0.05, 0.1) is 15.9 Å². The monoisotopic (exact) mass is 364 g/mol. The molecule has 0 aliphatic rings. The van der Waals surface area contributed by atoms with Gasteiger partial charge in [-0.05, 0) is 46.6 Å². The predicted octanol–water partition coefficient (Wildman–Crippen LogP) is 3.70. The normalized spacial score (nSPS) is 12.0. The maximum absolute atomic E-state index is 11.6. The van der Waals surface area contributed by atoms with Gasteiger partial charge < -0.3 is 4.98 Å². The van der Waals surface area contributed by atoms with Crippen molar-refractivity contribution in [1.82, 2.24) is 9.97 Å². The van der Waals surface area contributed by atoms with E-state index in [1.54, 1.807) is 18.2 Å². The number of rotatable bonds is 2. The lowest BCUT2D eigenvalue weighted by Gasteiger charge is -2.03. The van der Waals surface area contributed by atoms with E-state index in [0.717, 1.165) is 21.1 Å². The van der Waals surface area contributed by atoms with E-state index in [-0.39, 0.29) is 4.90 Å². The quantitative estimate of drug-likeness (QED) is 0.753. The first-order chi connectivity index (χ1) is 9.86. The summed E-state index contributed by atoms with van der Waals surface area (Å²) in [6, 6.07) is 10.8. The number of nitrogens with zero attached hydrogens (tertiary/aromatic N) is 1. The number of sulfone groups is 1. The summed E-state index contributed by atoms with van der Waals surface area (Å²) in [6.45, 7) is 2.01. The molecule has 0 amide bonds. The molecular formula is C15H13BrN2O2S. The van der Waals surface area contributed by atoms with E-state index in [9.17, 15) is 8.42 Å². The Morgan fingerprint density at radius 2 is 1.95 bits per heavy atom. The highest BCUT2D eigenvalue weighted by Crippen LogP contribution is 2.30. The molecule has 0 aliphatic carbocycles. The molecule has 1 heterocycles. The number of nitrogens with one attached hydrogen (secondary N) is 1. The topological polar surface area (TPSA) is 62.8 Å². The lowest BCUT2D eigenvalue weighted by atomic mass is 10.1. The van der Waals surface area contributed by atoms with Gasteiger partial charge in [-0.1, -0.05) is 18.2 Å². The highest BCUT2D eigenvalue weighted by Gasteiger charge is 2.13. The Kier molecular flexibility index (Phi) is 3.37. The number of H-pyrrole nitrogens is 1. The minimum absolute atomic E-state index is 0.286. The van der Waals surface area contributed by atoms with Gasteiger partial charge in [-0.3, -0.25) is 0 Å². The van der Waals surface area contributed by atoms with Crippen molar-refractivity contribution in [3.05, 3.63) is 46.4 Å². The van der Waals surface area contributed by atoms with E-state index in [1.165, 1.54) is 6.26 Å². The second-order valence-corrected chi connectivity index (χ2v) is 7.78. The molecule has 1 aromatic heterocycles. The number of aryl methyl sites for hydroxylation is 1. The summed E-state index contributed by atoms with van der Waals surface area (Å²) in [5.74, 6) is 0.714. The third-order valence-electron chi connectivity index (χ3n) is 3.33. The van der Waals surface area contributed by atoms with Crippen LogP contribution in [0.3, 0.4) is 0 Å². The Hall–Kier alpha value is -1.66. The first-order valence-corrected chi connectivity index (χ1v) is 9.00. The molecule has 0 radical (unpaired) electrons. The molecule has 108 valence electrons. The number of fused-ring (bicyclic) bond motifs is 1. The smallest absolute Gasteiger partial charge is 0.175 e. The summed E-state index contributed by atoms with van der Waals surface area (Å²) in [4.78, 5) is 8.00. The predicted molar refractivity (Wildman–Crippen MR) is 87.1 cm³/mol. The Bertz CT molecular complexity index is 945. The zero-order chi connectivity index (χ0) is 15.2. The van der Waals surface area contributed by atoms with Crippen LogP contribution < -0.4 is 0 Å². The van der Waals surface area contributed by atoms with E-state index < -0.39 is 9.84 Å². The van der Waals surface area contributed by atoms with Crippen molar-refractivity contribution in [1.29, 1.82) is 0 Å². The average Bonchev–Trinajstić information content (AvgIpc) is 2.83. The van der Waals surface area contributed by atoms with Gasteiger partial charge in [0, 0.05) is 16.3 Å². The molecular weight excluding hydrogens is 352 g/mol. The molecule has 0 saturated heterocycles. The van der Waals surface area contributed by atoms with Crippen molar-refractivity contribution in [2.75, 3.05) is 6.26 Å². The molecule has 0 spiro atoms. The summed E-state index contributed by atoms with van der Waals surface area (Å²) in [5.41, 5.74) is 3.52. The molecule has 21 heavy (non-hydrogen) atoms. The average molecular weight is 365 g/mol. The van der Waals surface area contributed by atoms with Crippen LogP contribution in [-0.4, -0.2) is 24.6 Å². The van der Waals surface area contributed by atoms with Crippen molar-refractivity contribution in [2.45, 2.75) is 11.8 Å². The van der Waals surface area contributed by atoms with Gasteiger partial charge in [-0.25, -0.2) is 13.4 Å². The van der Waals surface area contributed by atoms with Crippen LogP contribution in [0.15, 0.2) is 45.8 Å². The molecule has 0 atom stereocenters. The number of hydrogen-bond donors (Lipinski definition) is 1. The fraction of sp³-hybridized carbons (Fsp3) is 0.133. The number of imidazole rings is 1. The van der Waals surface area contributed by atoms with Crippen LogP contribution in [0.2, 0.25) is 0 Å². The van der Waals surface area contributed by atoms with Gasteiger partial charge in [-0.2, -0.15) is 0 Å². The molecule has 0 bridgehead atoms. The van der Waals surface area contributed by atoms with E-state index >= 15 is 0 Å². The molecule has 6 heteroatoms. The van der Waals surface area contributed by atoms with Gasteiger partial charge >= 0.3 is 0 Å². The lowest BCUT2D eigenvalue weighted by Crippen LogP contribution is -1.96. The minimum Gasteiger partial charge on any atom is -0.338 e. The second kappa shape index (κ2) is 4.96. The molecule has 0 unspecified atom stereocenters. The van der Waals surface area contributed by atoms with Crippen molar-refractivity contribution in [3.8, 4) is 11.4 Å². The van der Waals surface area contributed by atoms with E-state index in [2.05, 4.69) is 25.9 Å². The molecule has 0 fully saturated rings. The first-order valence-electron chi connectivity index (χ1n) is 6.31. The first kappa shape index (κ1) is 14.3. The maximum atomic E-state index is 11.6. The zero-order valence-electron chi connectivity index (χ0n) is 11.5. The number of hydrogen-bond acceptors (Lipinski definition) is 3. The Labute approximate surface area is 131 Å². The fourth-order valence-electron chi connectivity index (χ4n) is 2.18. The van der Waals surface area contributed by atoms with E-state index in [4.69, 9.17) is 0 Å². The number of halogens is 1. The summed E-state index contributed by atoms with van der Waals surface area (Å²) < 4.78 is 24.2. The Balaban J connectivity index is 2.20. The minimum atomic E-state index is -3.22. The molecule has 3 rings (SSSR count).